The van der Waals surface area contributed by atoms with Gasteiger partial charge in [-0.3, -0.25) is 4.79 Å². The summed E-state index contributed by atoms with van der Waals surface area (Å²) < 4.78 is 78.7. The highest BCUT2D eigenvalue weighted by molar-refractivity contribution is 5.97. The molecule has 13 heteroatoms. The topological polar surface area (TPSA) is 116 Å². The lowest BCUT2D eigenvalue weighted by Gasteiger charge is -2.30. The molecule has 0 aliphatic carbocycles. The third-order valence-corrected chi connectivity index (χ3v) is 6.35. The molecule has 9 nitrogen and oxygen atoms in total. The summed E-state index contributed by atoms with van der Waals surface area (Å²) in [7, 11) is 3.46. The van der Waals surface area contributed by atoms with Crippen LogP contribution in [-0.4, -0.2) is 55.4 Å². The number of halogens is 4. The van der Waals surface area contributed by atoms with Crippen LogP contribution in [-0.2, 0) is 9.53 Å². The normalized spacial score (nSPS) is 13.1. The number of esters is 1. The second kappa shape index (κ2) is 12.7. The Bertz CT molecular complexity index is 1470. The van der Waals surface area contributed by atoms with Gasteiger partial charge in [0.05, 0.1) is 27.2 Å². The molecular weight excluding hydrogens is 552 g/mol. The lowest BCUT2D eigenvalue weighted by molar-refractivity contribution is -0.150. The number of amides is 1. The van der Waals surface area contributed by atoms with Crippen LogP contribution in [0.5, 0.6) is 23.0 Å². The smallest absolute Gasteiger partial charge is 0.328 e. The number of carbonyl (C=O) groups is 2. The molecule has 3 rings (SSSR count). The minimum Gasteiger partial charge on any atom is -0.503 e. The number of rotatable bonds is 10. The standard InChI is InChI=1S/C28H28F4N2O7/c1-12-11-17(30)22(32)26(40-6)19(12)20(15-7-8-16(29)21(31)25(15)39-5)14(3)41-28(37)13(2)34-27(36)23-24(35)18(38-4)9-10-33-23/h7-11,13-14,20,35H,1-6H3,(H,34,36)/t13-,14-,20?/m0/s1. The van der Waals surface area contributed by atoms with Crippen molar-refractivity contribution in [2.75, 3.05) is 21.3 Å². The molecule has 1 aromatic heterocycles. The Morgan fingerprint density at radius 3 is 2.17 bits per heavy atom. The monoisotopic (exact) mass is 580 g/mol. The molecule has 41 heavy (non-hydrogen) atoms. The van der Waals surface area contributed by atoms with E-state index in [2.05, 4.69) is 10.3 Å². The van der Waals surface area contributed by atoms with Crippen LogP contribution in [0.15, 0.2) is 30.5 Å². The lowest BCUT2D eigenvalue weighted by Crippen LogP contribution is -2.41. The van der Waals surface area contributed by atoms with Gasteiger partial charge in [-0.05, 0) is 38.5 Å². The summed E-state index contributed by atoms with van der Waals surface area (Å²) in [5.41, 5.74) is -0.329. The summed E-state index contributed by atoms with van der Waals surface area (Å²) in [6.45, 7) is 4.11. The molecule has 0 fully saturated rings. The van der Waals surface area contributed by atoms with E-state index in [4.69, 9.17) is 18.9 Å². The Kier molecular flexibility index (Phi) is 9.63. The molecule has 1 amide bonds. The Balaban J connectivity index is 2.02. The van der Waals surface area contributed by atoms with Gasteiger partial charge in [-0.25, -0.2) is 18.6 Å². The molecule has 0 saturated heterocycles. The number of hydrogen-bond donors (Lipinski definition) is 2. The molecule has 220 valence electrons. The molecule has 0 spiro atoms. The van der Waals surface area contributed by atoms with Gasteiger partial charge in [0.2, 0.25) is 11.6 Å². The maximum atomic E-state index is 14.8. The van der Waals surface area contributed by atoms with Crippen LogP contribution < -0.4 is 19.5 Å². The highest BCUT2D eigenvalue weighted by atomic mass is 19.2. The van der Waals surface area contributed by atoms with Gasteiger partial charge in [0.1, 0.15) is 12.1 Å². The molecular formula is C28H28F4N2O7. The number of ether oxygens (including phenoxy) is 4. The van der Waals surface area contributed by atoms with Crippen LogP contribution in [0.4, 0.5) is 17.6 Å². The molecule has 2 aromatic carbocycles. The largest absolute Gasteiger partial charge is 0.503 e. The van der Waals surface area contributed by atoms with E-state index in [1.807, 2.05) is 0 Å². The van der Waals surface area contributed by atoms with Gasteiger partial charge in [0.15, 0.2) is 40.3 Å². The van der Waals surface area contributed by atoms with Crippen molar-refractivity contribution < 1.29 is 51.2 Å². The highest BCUT2D eigenvalue weighted by Gasteiger charge is 2.36. The minimum atomic E-state index is -1.35. The Labute approximate surface area is 233 Å². The zero-order valence-corrected chi connectivity index (χ0v) is 23.0. The highest BCUT2D eigenvalue weighted by Crippen LogP contribution is 2.44. The predicted octanol–water partition coefficient (Wildman–Crippen LogP) is 4.56. The molecule has 0 saturated carbocycles. The second-order valence-electron chi connectivity index (χ2n) is 8.95. The van der Waals surface area contributed by atoms with E-state index in [0.29, 0.717) is 0 Å². The number of carbonyl (C=O) groups excluding carboxylic acids is 2. The van der Waals surface area contributed by atoms with Crippen LogP contribution in [0.25, 0.3) is 0 Å². The first-order valence-corrected chi connectivity index (χ1v) is 12.1. The zero-order chi connectivity index (χ0) is 30.6. The molecule has 3 aromatic rings. The third kappa shape index (κ3) is 6.13. The summed E-state index contributed by atoms with van der Waals surface area (Å²) in [5, 5.41) is 12.5. The van der Waals surface area contributed by atoms with Crippen molar-refractivity contribution >= 4 is 11.9 Å². The van der Waals surface area contributed by atoms with E-state index >= 15 is 0 Å². The first-order valence-electron chi connectivity index (χ1n) is 12.1. The van der Waals surface area contributed by atoms with Crippen LogP contribution >= 0.6 is 0 Å². The Hall–Kier alpha value is -4.55. The van der Waals surface area contributed by atoms with Crippen LogP contribution in [0, 0.1) is 30.2 Å². The number of pyridine rings is 1. The van der Waals surface area contributed by atoms with Crippen LogP contribution in [0.2, 0.25) is 0 Å². The molecule has 0 radical (unpaired) electrons. The second-order valence-corrected chi connectivity index (χ2v) is 8.95. The summed E-state index contributed by atoms with van der Waals surface area (Å²) in [6.07, 6.45) is -0.0444. The SMILES string of the molecule is COc1ccnc(C(=O)N[C@@H](C)C(=O)O[C@@H](C)C(c2ccc(F)c(F)c2OC)c2c(C)cc(F)c(F)c2OC)c1O. The minimum absolute atomic E-state index is 0.0156. The predicted molar refractivity (Wildman–Crippen MR) is 137 cm³/mol. The van der Waals surface area contributed by atoms with Gasteiger partial charge in [0.25, 0.3) is 5.91 Å². The molecule has 1 heterocycles. The fraction of sp³-hybridized carbons (Fsp3) is 0.321. The van der Waals surface area contributed by atoms with E-state index in [1.54, 1.807) is 0 Å². The quantitative estimate of drug-likeness (QED) is 0.265. The maximum Gasteiger partial charge on any atom is 0.328 e. The molecule has 0 bridgehead atoms. The Morgan fingerprint density at radius 1 is 0.927 bits per heavy atom. The number of benzene rings is 2. The van der Waals surface area contributed by atoms with E-state index < -0.39 is 76.2 Å². The molecule has 2 N–H and O–H groups in total. The van der Waals surface area contributed by atoms with Crippen molar-refractivity contribution in [3.63, 3.8) is 0 Å². The summed E-state index contributed by atoms with van der Waals surface area (Å²) in [6, 6.07) is 2.88. The average molecular weight is 581 g/mol. The number of nitrogens with one attached hydrogen (secondary N) is 1. The van der Waals surface area contributed by atoms with Gasteiger partial charge >= 0.3 is 5.97 Å². The van der Waals surface area contributed by atoms with Gasteiger partial charge in [-0.15, -0.1) is 0 Å². The average Bonchev–Trinajstić information content (AvgIpc) is 2.93. The first-order chi connectivity index (χ1) is 19.4. The van der Waals surface area contributed by atoms with Crippen LogP contribution in [0.1, 0.15) is 46.9 Å². The van der Waals surface area contributed by atoms with Crippen LogP contribution in [0.3, 0.4) is 0 Å². The van der Waals surface area contributed by atoms with Crippen molar-refractivity contribution in [1.29, 1.82) is 0 Å². The van der Waals surface area contributed by atoms with Gasteiger partial charge < -0.3 is 29.4 Å². The van der Waals surface area contributed by atoms with E-state index in [-0.39, 0.29) is 22.4 Å². The van der Waals surface area contributed by atoms with Gasteiger partial charge in [-0.1, -0.05) is 6.07 Å². The molecule has 1 unspecified atom stereocenters. The number of hydrogen-bond acceptors (Lipinski definition) is 8. The number of methoxy groups -OCH3 is 3. The Morgan fingerprint density at radius 2 is 1.56 bits per heavy atom. The number of aryl methyl sites for hydroxylation is 1. The van der Waals surface area contributed by atoms with E-state index in [9.17, 15) is 32.3 Å². The number of aromatic hydroxyl groups is 1. The van der Waals surface area contributed by atoms with E-state index in [1.165, 1.54) is 40.1 Å². The van der Waals surface area contributed by atoms with Gasteiger partial charge in [-0.2, -0.15) is 8.78 Å². The summed E-state index contributed by atoms with van der Waals surface area (Å²) >= 11 is 0. The lowest BCUT2D eigenvalue weighted by atomic mass is 9.83. The summed E-state index contributed by atoms with van der Waals surface area (Å²) in [5.74, 6) is -9.96. The number of nitrogens with zero attached hydrogens (tertiary/aromatic N) is 1. The van der Waals surface area contributed by atoms with Crippen molar-refractivity contribution in [2.45, 2.75) is 38.8 Å². The van der Waals surface area contributed by atoms with Crippen molar-refractivity contribution in [3.05, 3.63) is 76.1 Å². The fourth-order valence-electron chi connectivity index (χ4n) is 4.41. The number of aromatic nitrogens is 1. The van der Waals surface area contributed by atoms with E-state index in [0.717, 1.165) is 32.4 Å². The fourth-order valence-corrected chi connectivity index (χ4v) is 4.41. The van der Waals surface area contributed by atoms with Crippen molar-refractivity contribution in [3.8, 4) is 23.0 Å². The zero-order valence-electron chi connectivity index (χ0n) is 23.0. The molecule has 0 aliphatic rings. The van der Waals surface area contributed by atoms with Gasteiger partial charge in [0, 0.05) is 23.4 Å². The molecule has 3 atom stereocenters. The van der Waals surface area contributed by atoms with Crippen molar-refractivity contribution in [2.24, 2.45) is 0 Å². The first kappa shape index (κ1) is 31.0. The molecule has 0 aliphatic heterocycles. The summed E-state index contributed by atoms with van der Waals surface area (Å²) in [4.78, 5) is 29.5. The third-order valence-electron chi connectivity index (χ3n) is 6.35. The maximum absolute atomic E-state index is 14.8. The van der Waals surface area contributed by atoms with Crippen molar-refractivity contribution in [1.82, 2.24) is 10.3 Å².